The van der Waals surface area contributed by atoms with Gasteiger partial charge in [-0.05, 0) is 35.9 Å². The number of aliphatic hydroxyl groups is 1. The third kappa shape index (κ3) is 4.62. The van der Waals surface area contributed by atoms with Crippen LogP contribution in [-0.4, -0.2) is 69.7 Å². The van der Waals surface area contributed by atoms with Crippen molar-refractivity contribution >= 4 is 16.8 Å². The molecule has 1 amide bonds. The van der Waals surface area contributed by atoms with Crippen molar-refractivity contribution in [3.8, 4) is 28.5 Å². The number of amides is 1. The number of H-pyrrole nitrogens is 1. The number of nitrogens with one attached hydrogen (secondary N) is 1. The van der Waals surface area contributed by atoms with E-state index < -0.39 is 11.4 Å². The number of carbonyl (C=O) groups excluding carboxylic acids is 1. The molecule has 0 unspecified atom stereocenters. The summed E-state index contributed by atoms with van der Waals surface area (Å²) in [6, 6.07) is 15.1. The Morgan fingerprint density at radius 1 is 1.13 bits per heavy atom. The summed E-state index contributed by atoms with van der Waals surface area (Å²) in [6.45, 7) is 0.990. The lowest BCUT2D eigenvalue weighted by Gasteiger charge is -2.46. The van der Waals surface area contributed by atoms with Crippen LogP contribution in [0.15, 0.2) is 71.5 Å². The molecular formula is C28H24FN5O5. The number of likely N-dealkylation sites (tertiary alicyclic amines) is 1. The Balaban J connectivity index is 1.16. The van der Waals surface area contributed by atoms with Crippen LogP contribution < -0.4 is 4.74 Å². The average molecular weight is 530 g/mol. The number of aromatic amines is 1. The molecule has 0 bridgehead atoms. The molecule has 2 N–H and O–H groups in total. The minimum Gasteiger partial charge on any atom is -0.488 e. The van der Waals surface area contributed by atoms with Crippen LogP contribution in [0.5, 0.6) is 5.75 Å². The van der Waals surface area contributed by atoms with Crippen molar-refractivity contribution < 1.29 is 28.3 Å². The predicted molar refractivity (Wildman–Crippen MR) is 138 cm³/mol. The van der Waals surface area contributed by atoms with Crippen LogP contribution >= 0.6 is 0 Å². The summed E-state index contributed by atoms with van der Waals surface area (Å²) in [4.78, 5) is 18.5. The molecule has 1 saturated heterocycles. The number of pyridine rings is 1. The molecule has 0 radical (unpaired) electrons. The van der Waals surface area contributed by atoms with Gasteiger partial charge in [-0.2, -0.15) is 5.10 Å². The van der Waals surface area contributed by atoms with E-state index in [1.165, 1.54) is 6.07 Å². The first-order valence-corrected chi connectivity index (χ1v) is 12.2. The van der Waals surface area contributed by atoms with Gasteiger partial charge in [0.15, 0.2) is 17.3 Å². The molecule has 198 valence electrons. The molecule has 0 aliphatic carbocycles. The number of rotatable bonds is 8. The van der Waals surface area contributed by atoms with Crippen molar-refractivity contribution in [3.63, 3.8) is 0 Å². The van der Waals surface area contributed by atoms with Crippen LogP contribution in [0.1, 0.15) is 15.9 Å². The van der Waals surface area contributed by atoms with E-state index in [-0.39, 0.29) is 31.4 Å². The third-order valence-electron chi connectivity index (χ3n) is 6.74. The minimum atomic E-state index is -1.06. The molecule has 39 heavy (non-hydrogen) atoms. The highest BCUT2D eigenvalue weighted by molar-refractivity contribution is 5.96. The van der Waals surface area contributed by atoms with E-state index in [4.69, 9.17) is 14.0 Å². The SMILES string of the molecule is COCCOc1cc2[nH]nc(-c3cc(-c4ccc(C(=O)N5CC(O)(c6ccncc6)C5)cc4)no3)c2cc1F. The monoisotopic (exact) mass is 529 g/mol. The second kappa shape index (κ2) is 9.93. The number of hydrogen-bond acceptors (Lipinski definition) is 8. The fourth-order valence-electron chi connectivity index (χ4n) is 4.61. The summed E-state index contributed by atoms with van der Waals surface area (Å²) >= 11 is 0. The fourth-order valence-corrected chi connectivity index (χ4v) is 4.61. The molecule has 6 rings (SSSR count). The van der Waals surface area contributed by atoms with Crippen molar-refractivity contribution in [2.75, 3.05) is 33.4 Å². The van der Waals surface area contributed by atoms with E-state index in [1.807, 2.05) is 0 Å². The summed E-state index contributed by atoms with van der Waals surface area (Å²) in [6.07, 6.45) is 3.24. The van der Waals surface area contributed by atoms with Gasteiger partial charge in [-0.3, -0.25) is 14.9 Å². The van der Waals surface area contributed by atoms with Crippen LogP contribution in [0.3, 0.4) is 0 Å². The zero-order valence-corrected chi connectivity index (χ0v) is 20.9. The van der Waals surface area contributed by atoms with E-state index in [2.05, 4.69) is 20.3 Å². The molecule has 5 aromatic rings. The molecule has 3 aromatic heterocycles. The Morgan fingerprint density at radius 3 is 2.64 bits per heavy atom. The van der Waals surface area contributed by atoms with Crippen LogP contribution in [0.4, 0.5) is 4.39 Å². The molecule has 1 aliphatic heterocycles. The van der Waals surface area contributed by atoms with Crippen molar-refractivity contribution in [2.24, 2.45) is 0 Å². The van der Waals surface area contributed by atoms with E-state index in [9.17, 15) is 14.3 Å². The number of aromatic nitrogens is 4. The van der Waals surface area contributed by atoms with Crippen LogP contribution in [0, 0.1) is 5.82 Å². The molecular weight excluding hydrogens is 505 g/mol. The van der Waals surface area contributed by atoms with Crippen molar-refractivity contribution in [1.82, 2.24) is 25.2 Å². The molecule has 0 spiro atoms. The van der Waals surface area contributed by atoms with Gasteiger partial charge in [-0.1, -0.05) is 17.3 Å². The van der Waals surface area contributed by atoms with Gasteiger partial charge in [0.2, 0.25) is 0 Å². The topological polar surface area (TPSA) is 127 Å². The minimum absolute atomic E-state index is 0.0999. The molecule has 4 heterocycles. The number of benzene rings is 2. The number of carbonyl (C=O) groups is 1. The van der Waals surface area contributed by atoms with Gasteiger partial charge in [0.1, 0.15) is 23.6 Å². The zero-order valence-electron chi connectivity index (χ0n) is 20.9. The third-order valence-corrected chi connectivity index (χ3v) is 6.74. The Labute approximate surface area is 222 Å². The first-order valence-electron chi connectivity index (χ1n) is 12.2. The van der Waals surface area contributed by atoms with Gasteiger partial charge >= 0.3 is 0 Å². The number of ether oxygens (including phenoxy) is 2. The Bertz CT molecular complexity index is 1630. The summed E-state index contributed by atoms with van der Waals surface area (Å²) in [5.41, 5.74) is 2.44. The molecule has 2 aromatic carbocycles. The van der Waals surface area contributed by atoms with Gasteiger partial charge in [0.05, 0.1) is 25.2 Å². The smallest absolute Gasteiger partial charge is 0.254 e. The molecule has 0 saturated carbocycles. The number of fused-ring (bicyclic) bond motifs is 1. The van der Waals surface area contributed by atoms with Crippen LogP contribution in [0.2, 0.25) is 0 Å². The molecule has 0 atom stereocenters. The lowest BCUT2D eigenvalue weighted by atomic mass is 9.86. The number of hydrogen-bond donors (Lipinski definition) is 2. The molecule has 1 aliphatic rings. The van der Waals surface area contributed by atoms with Gasteiger partial charge in [0, 0.05) is 48.1 Å². The quantitative estimate of drug-likeness (QED) is 0.291. The number of nitrogens with zero attached hydrogens (tertiary/aromatic N) is 4. The Hall–Kier alpha value is -4.61. The van der Waals surface area contributed by atoms with Crippen molar-refractivity contribution in [3.05, 3.63) is 83.9 Å². The summed E-state index contributed by atoms with van der Waals surface area (Å²) in [7, 11) is 1.54. The van der Waals surface area contributed by atoms with E-state index in [0.29, 0.717) is 40.2 Å². The first-order chi connectivity index (χ1) is 18.9. The van der Waals surface area contributed by atoms with Crippen LogP contribution in [-0.2, 0) is 10.3 Å². The highest BCUT2D eigenvalue weighted by Gasteiger charge is 2.45. The average Bonchev–Trinajstić information content (AvgIpc) is 3.59. The maximum Gasteiger partial charge on any atom is 0.254 e. The van der Waals surface area contributed by atoms with Crippen LogP contribution in [0.25, 0.3) is 33.6 Å². The lowest BCUT2D eigenvalue weighted by Crippen LogP contribution is -2.61. The van der Waals surface area contributed by atoms with E-state index in [0.717, 1.165) is 11.1 Å². The molecule has 11 heteroatoms. The Kier molecular flexibility index (Phi) is 6.29. The molecule has 10 nitrogen and oxygen atoms in total. The maximum atomic E-state index is 14.6. The summed E-state index contributed by atoms with van der Waals surface area (Å²) in [5, 5.41) is 22.6. The summed E-state index contributed by atoms with van der Waals surface area (Å²) < 4.78 is 30.5. The largest absolute Gasteiger partial charge is 0.488 e. The van der Waals surface area contributed by atoms with Gasteiger partial charge < -0.3 is 24.0 Å². The lowest BCUT2D eigenvalue weighted by molar-refractivity contribution is -0.0864. The number of methoxy groups -OCH3 is 1. The van der Waals surface area contributed by atoms with E-state index in [1.54, 1.807) is 72.9 Å². The second-order valence-corrected chi connectivity index (χ2v) is 9.32. The second-order valence-electron chi connectivity index (χ2n) is 9.32. The zero-order chi connectivity index (χ0) is 27.0. The van der Waals surface area contributed by atoms with Crippen molar-refractivity contribution in [2.45, 2.75) is 5.60 Å². The normalized spacial score (nSPS) is 14.4. The predicted octanol–water partition coefficient (Wildman–Crippen LogP) is 3.79. The number of β-amino-alcohol motifs (C(OH)–C–C–N with tert-alkyl or cyclic N) is 1. The highest BCUT2D eigenvalue weighted by atomic mass is 19.1. The molecule has 1 fully saturated rings. The van der Waals surface area contributed by atoms with Crippen molar-refractivity contribution in [1.29, 1.82) is 0 Å². The van der Waals surface area contributed by atoms with Gasteiger partial charge in [-0.25, -0.2) is 4.39 Å². The number of halogens is 1. The fraction of sp³-hybridized carbons (Fsp3) is 0.214. The Morgan fingerprint density at radius 2 is 1.90 bits per heavy atom. The highest BCUT2D eigenvalue weighted by Crippen LogP contribution is 2.34. The maximum absolute atomic E-state index is 14.6. The van der Waals surface area contributed by atoms with E-state index >= 15 is 0 Å². The van der Waals surface area contributed by atoms with Gasteiger partial charge in [0.25, 0.3) is 5.91 Å². The standard InChI is InChI=1S/C28H24FN5O5/c1-37-10-11-38-24-14-23-20(12-21(24)29)26(32-31-23)25-13-22(33-39-25)17-2-4-18(5-3-17)27(35)34-15-28(36,16-34)19-6-8-30-9-7-19/h2-9,12-14,36H,10-11,15-16H2,1H3,(H,31,32). The first kappa shape index (κ1) is 24.7. The van der Waals surface area contributed by atoms with Gasteiger partial charge in [-0.15, -0.1) is 0 Å². The summed E-state index contributed by atoms with van der Waals surface area (Å²) in [5.74, 6) is -0.234.